The predicted octanol–water partition coefficient (Wildman–Crippen LogP) is 1.65. The Morgan fingerprint density at radius 3 is 3.12 bits per heavy atom. The van der Waals surface area contributed by atoms with E-state index in [1.54, 1.807) is 29.2 Å². The van der Waals surface area contributed by atoms with Crippen molar-refractivity contribution in [2.24, 2.45) is 0 Å². The summed E-state index contributed by atoms with van der Waals surface area (Å²) in [6, 6.07) is 3.58. The van der Waals surface area contributed by atoms with E-state index in [0.29, 0.717) is 16.5 Å². The summed E-state index contributed by atoms with van der Waals surface area (Å²) in [5.41, 5.74) is 0.484. The summed E-state index contributed by atoms with van der Waals surface area (Å²) in [5, 5.41) is 4.09. The highest BCUT2D eigenvalue weighted by molar-refractivity contribution is 7.15. The molecular formula is C10H7ClN4OS. The second-order valence-electron chi connectivity index (χ2n) is 3.47. The number of aromatic nitrogens is 4. The van der Waals surface area contributed by atoms with Gasteiger partial charge >= 0.3 is 0 Å². The Morgan fingerprint density at radius 2 is 2.35 bits per heavy atom. The minimum absolute atomic E-state index is 0.123. The molecule has 0 radical (unpaired) electrons. The summed E-state index contributed by atoms with van der Waals surface area (Å²) in [7, 11) is 0. The third-order valence-corrected chi connectivity index (χ3v) is 3.48. The molecule has 0 aliphatic carbocycles. The lowest BCUT2D eigenvalue weighted by Crippen LogP contribution is -2.24. The first-order valence-corrected chi connectivity index (χ1v) is 6.06. The Labute approximate surface area is 105 Å². The number of fused-ring (bicyclic) bond motifs is 1. The third-order valence-electron chi connectivity index (χ3n) is 2.38. The van der Waals surface area contributed by atoms with Crippen LogP contribution in [0.3, 0.4) is 0 Å². The monoisotopic (exact) mass is 266 g/mol. The maximum absolute atomic E-state index is 12.0. The van der Waals surface area contributed by atoms with Crippen LogP contribution in [0.25, 0.3) is 5.52 Å². The van der Waals surface area contributed by atoms with Gasteiger partial charge in [0, 0.05) is 17.3 Å². The van der Waals surface area contributed by atoms with Crippen LogP contribution >= 0.6 is 22.9 Å². The molecule has 0 fully saturated rings. The zero-order valence-corrected chi connectivity index (χ0v) is 10.1. The molecule has 86 valence electrons. The minimum Gasteiger partial charge on any atom is -0.301 e. The lowest BCUT2D eigenvalue weighted by Gasteiger charge is -2.02. The highest BCUT2D eigenvalue weighted by Gasteiger charge is 2.06. The first-order chi connectivity index (χ1) is 8.24. The second-order valence-corrected chi connectivity index (χ2v) is 5.17. The summed E-state index contributed by atoms with van der Waals surface area (Å²) in [6.45, 7) is 0.394. The molecule has 0 amide bonds. The maximum atomic E-state index is 12.0. The Kier molecular flexibility index (Phi) is 2.45. The van der Waals surface area contributed by atoms with Gasteiger partial charge in [0.15, 0.2) is 4.47 Å². The number of rotatable bonds is 2. The molecule has 3 aromatic rings. The molecule has 3 heterocycles. The van der Waals surface area contributed by atoms with Crippen molar-refractivity contribution in [1.29, 1.82) is 0 Å². The smallest absolute Gasteiger partial charge is 0.291 e. The van der Waals surface area contributed by atoms with Crippen LogP contribution in [0.15, 0.2) is 35.6 Å². The van der Waals surface area contributed by atoms with Crippen molar-refractivity contribution in [1.82, 2.24) is 19.2 Å². The number of hydrogen-bond acceptors (Lipinski definition) is 4. The van der Waals surface area contributed by atoms with Gasteiger partial charge in [0.05, 0.1) is 6.54 Å². The van der Waals surface area contributed by atoms with E-state index >= 15 is 0 Å². The third kappa shape index (κ3) is 1.85. The van der Waals surface area contributed by atoms with Gasteiger partial charge in [0.2, 0.25) is 0 Å². The predicted molar refractivity (Wildman–Crippen MR) is 65.7 cm³/mol. The van der Waals surface area contributed by atoms with E-state index in [1.807, 2.05) is 6.07 Å². The molecule has 0 saturated carbocycles. The van der Waals surface area contributed by atoms with E-state index in [2.05, 4.69) is 10.1 Å². The molecule has 0 aromatic carbocycles. The maximum Gasteiger partial charge on any atom is 0.291 e. The molecule has 17 heavy (non-hydrogen) atoms. The molecule has 0 atom stereocenters. The topological polar surface area (TPSA) is 52.2 Å². The molecule has 3 rings (SSSR count). The minimum atomic E-state index is -0.123. The summed E-state index contributed by atoms with van der Waals surface area (Å²) >= 11 is 7.09. The molecule has 0 bridgehead atoms. The molecular weight excluding hydrogens is 260 g/mol. The number of nitrogens with zero attached hydrogens (tertiary/aromatic N) is 4. The molecule has 0 saturated heterocycles. The van der Waals surface area contributed by atoms with E-state index in [0.717, 1.165) is 4.88 Å². The Hall–Kier alpha value is -1.66. The number of halogens is 1. The van der Waals surface area contributed by atoms with E-state index in [4.69, 9.17) is 11.6 Å². The van der Waals surface area contributed by atoms with Gasteiger partial charge in [-0.25, -0.2) is 9.67 Å². The van der Waals surface area contributed by atoms with Gasteiger partial charge in [-0.15, -0.1) is 11.3 Å². The van der Waals surface area contributed by atoms with Gasteiger partial charge in [-0.1, -0.05) is 11.6 Å². The fourth-order valence-electron chi connectivity index (χ4n) is 1.60. The summed E-state index contributed by atoms with van der Waals surface area (Å²) in [4.78, 5) is 16.9. The molecule has 0 spiro atoms. The van der Waals surface area contributed by atoms with Crippen LogP contribution in [-0.2, 0) is 6.54 Å². The van der Waals surface area contributed by atoms with Crippen molar-refractivity contribution in [2.45, 2.75) is 6.54 Å². The van der Waals surface area contributed by atoms with Gasteiger partial charge in [0.25, 0.3) is 5.56 Å². The number of hydrogen-bond donors (Lipinski definition) is 0. The lowest BCUT2D eigenvalue weighted by atomic mass is 10.5. The molecule has 0 unspecified atom stereocenters. The van der Waals surface area contributed by atoms with Gasteiger partial charge in [-0.05, 0) is 12.1 Å². The first kappa shape index (κ1) is 10.5. The average molecular weight is 267 g/mol. The Bertz CT molecular complexity index is 729. The van der Waals surface area contributed by atoms with Crippen LogP contribution in [0.4, 0.5) is 0 Å². The van der Waals surface area contributed by atoms with Crippen LogP contribution < -0.4 is 5.56 Å². The molecule has 0 N–H and O–H groups in total. The zero-order valence-electron chi connectivity index (χ0n) is 8.58. The van der Waals surface area contributed by atoms with E-state index in [1.165, 1.54) is 16.0 Å². The fraction of sp³-hybridized carbons (Fsp3) is 0.100. The summed E-state index contributed by atoms with van der Waals surface area (Å²) in [5.74, 6) is 0. The molecule has 7 heteroatoms. The van der Waals surface area contributed by atoms with Crippen molar-refractivity contribution in [3.63, 3.8) is 0 Å². The van der Waals surface area contributed by atoms with Gasteiger partial charge in [0.1, 0.15) is 11.8 Å². The van der Waals surface area contributed by atoms with Crippen molar-refractivity contribution in [3.05, 3.63) is 50.6 Å². The van der Waals surface area contributed by atoms with Crippen LogP contribution in [0.1, 0.15) is 4.88 Å². The quantitative estimate of drug-likeness (QED) is 0.709. The summed E-state index contributed by atoms with van der Waals surface area (Å²) in [6.07, 6.45) is 5.06. The van der Waals surface area contributed by atoms with Gasteiger partial charge < -0.3 is 4.40 Å². The first-order valence-electron chi connectivity index (χ1n) is 4.87. The van der Waals surface area contributed by atoms with E-state index in [-0.39, 0.29) is 5.56 Å². The van der Waals surface area contributed by atoms with Crippen LogP contribution in [-0.4, -0.2) is 19.2 Å². The molecule has 5 nitrogen and oxygen atoms in total. The van der Waals surface area contributed by atoms with E-state index in [9.17, 15) is 4.79 Å². The van der Waals surface area contributed by atoms with Crippen molar-refractivity contribution >= 4 is 28.5 Å². The normalized spacial score (nSPS) is 11.1. The lowest BCUT2D eigenvalue weighted by molar-refractivity contribution is 0.633. The van der Waals surface area contributed by atoms with Crippen LogP contribution in [0.5, 0.6) is 0 Å². The standard InChI is InChI=1S/C10H7ClN4OS/c11-10-12-4-7(17-10)5-15-9(16)8-2-1-3-14(8)6-13-15/h1-4,6H,5H2. The van der Waals surface area contributed by atoms with Gasteiger partial charge in [-0.2, -0.15) is 5.10 Å². The molecule has 0 aliphatic rings. The Balaban J connectivity index is 2.06. The van der Waals surface area contributed by atoms with Gasteiger partial charge in [-0.3, -0.25) is 4.79 Å². The SMILES string of the molecule is O=c1c2cccn2cnn1Cc1cnc(Cl)s1. The molecule has 3 aromatic heterocycles. The molecule has 0 aliphatic heterocycles. The zero-order chi connectivity index (χ0) is 11.8. The van der Waals surface area contributed by atoms with Crippen molar-refractivity contribution in [2.75, 3.05) is 0 Å². The second kappa shape index (κ2) is 3.97. The van der Waals surface area contributed by atoms with Crippen LogP contribution in [0, 0.1) is 0 Å². The average Bonchev–Trinajstić information content (AvgIpc) is 2.92. The van der Waals surface area contributed by atoms with Crippen LogP contribution in [0.2, 0.25) is 4.47 Å². The van der Waals surface area contributed by atoms with E-state index < -0.39 is 0 Å². The summed E-state index contributed by atoms with van der Waals surface area (Å²) < 4.78 is 3.56. The van der Waals surface area contributed by atoms with Crippen molar-refractivity contribution in [3.8, 4) is 0 Å². The van der Waals surface area contributed by atoms with Crippen molar-refractivity contribution < 1.29 is 0 Å². The number of thiazole rings is 1. The Morgan fingerprint density at radius 1 is 1.47 bits per heavy atom. The highest BCUT2D eigenvalue weighted by atomic mass is 35.5. The highest BCUT2D eigenvalue weighted by Crippen LogP contribution is 2.17. The largest absolute Gasteiger partial charge is 0.301 e. The fourth-order valence-corrected chi connectivity index (χ4v) is 2.56.